The summed E-state index contributed by atoms with van der Waals surface area (Å²) in [7, 11) is 0. The van der Waals surface area contributed by atoms with Gasteiger partial charge in [0, 0.05) is 11.8 Å². The van der Waals surface area contributed by atoms with Crippen molar-refractivity contribution in [2.75, 3.05) is 0 Å². The quantitative estimate of drug-likeness (QED) is 0.919. The average Bonchev–Trinajstić information content (AvgIpc) is 2.37. The van der Waals surface area contributed by atoms with Crippen LogP contribution in [0.2, 0.25) is 0 Å². The van der Waals surface area contributed by atoms with Crippen LogP contribution in [0, 0.1) is 6.92 Å². The van der Waals surface area contributed by atoms with Gasteiger partial charge in [0.2, 0.25) is 0 Å². The number of aromatic nitrogens is 1. The van der Waals surface area contributed by atoms with Gasteiger partial charge >= 0.3 is 5.97 Å². The van der Waals surface area contributed by atoms with E-state index in [1.807, 2.05) is 25.1 Å². The topological polar surface area (TPSA) is 59.4 Å². The third-order valence-corrected chi connectivity index (χ3v) is 3.14. The van der Waals surface area contributed by atoms with Gasteiger partial charge in [-0.1, -0.05) is 32.9 Å². The SMILES string of the molecule is Cc1ccc(C(C)(C)C)c(Oc2cccnc2C(=O)O)c1. The van der Waals surface area contributed by atoms with Crippen LogP contribution in [0.4, 0.5) is 0 Å². The van der Waals surface area contributed by atoms with Crippen molar-refractivity contribution in [1.82, 2.24) is 4.98 Å². The number of hydrogen-bond acceptors (Lipinski definition) is 3. The minimum absolute atomic E-state index is 0.0844. The van der Waals surface area contributed by atoms with Gasteiger partial charge in [-0.25, -0.2) is 9.78 Å². The van der Waals surface area contributed by atoms with Crippen LogP contribution in [-0.2, 0) is 5.41 Å². The van der Waals surface area contributed by atoms with E-state index in [4.69, 9.17) is 4.74 Å². The van der Waals surface area contributed by atoms with Crippen molar-refractivity contribution in [3.8, 4) is 11.5 Å². The molecule has 2 rings (SSSR count). The molecule has 0 saturated carbocycles. The van der Waals surface area contributed by atoms with Crippen LogP contribution in [0.25, 0.3) is 0 Å². The first-order valence-corrected chi connectivity index (χ1v) is 6.76. The maximum atomic E-state index is 11.2. The summed E-state index contributed by atoms with van der Waals surface area (Å²) in [5.41, 5.74) is 1.89. The Hall–Kier alpha value is -2.36. The van der Waals surface area contributed by atoms with Gasteiger partial charge in [-0.3, -0.25) is 0 Å². The van der Waals surface area contributed by atoms with Crippen molar-refractivity contribution in [3.05, 3.63) is 53.3 Å². The second-order valence-electron chi connectivity index (χ2n) is 6.01. The van der Waals surface area contributed by atoms with Crippen molar-refractivity contribution in [3.63, 3.8) is 0 Å². The standard InChI is InChI=1S/C17H19NO3/c1-11-7-8-12(17(2,3)4)14(10-11)21-13-6-5-9-18-15(13)16(19)20/h5-10H,1-4H3,(H,19,20). The summed E-state index contributed by atoms with van der Waals surface area (Å²) in [6.07, 6.45) is 1.44. The fourth-order valence-corrected chi connectivity index (χ4v) is 2.09. The van der Waals surface area contributed by atoms with E-state index in [1.165, 1.54) is 6.20 Å². The molecule has 4 heteroatoms. The molecule has 0 spiro atoms. The number of aromatic carboxylic acids is 1. The Bertz CT molecular complexity index is 672. The van der Waals surface area contributed by atoms with Crippen molar-refractivity contribution in [1.29, 1.82) is 0 Å². The normalized spacial score (nSPS) is 11.2. The molecule has 2 aromatic rings. The van der Waals surface area contributed by atoms with Gasteiger partial charge in [0.05, 0.1) is 0 Å². The van der Waals surface area contributed by atoms with Gasteiger partial charge in [-0.05, 0) is 36.1 Å². The summed E-state index contributed by atoms with van der Waals surface area (Å²) in [4.78, 5) is 15.1. The second-order valence-corrected chi connectivity index (χ2v) is 6.01. The number of hydrogen-bond donors (Lipinski definition) is 1. The van der Waals surface area contributed by atoms with Crippen molar-refractivity contribution < 1.29 is 14.6 Å². The Morgan fingerprint density at radius 2 is 1.90 bits per heavy atom. The number of rotatable bonds is 3. The van der Waals surface area contributed by atoms with Gasteiger partial charge in [0.1, 0.15) is 5.75 Å². The van der Waals surface area contributed by atoms with Gasteiger partial charge < -0.3 is 9.84 Å². The van der Waals surface area contributed by atoms with Gasteiger partial charge in [0.15, 0.2) is 11.4 Å². The fraction of sp³-hybridized carbons (Fsp3) is 0.294. The van der Waals surface area contributed by atoms with E-state index < -0.39 is 5.97 Å². The average molecular weight is 285 g/mol. The Balaban J connectivity index is 2.49. The zero-order valence-corrected chi connectivity index (χ0v) is 12.7. The molecule has 0 aliphatic carbocycles. The van der Waals surface area contributed by atoms with Gasteiger partial charge in [-0.2, -0.15) is 0 Å². The van der Waals surface area contributed by atoms with Crippen molar-refractivity contribution in [2.24, 2.45) is 0 Å². The fourth-order valence-electron chi connectivity index (χ4n) is 2.09. The van der Waals surface area contributed by atoms with E-state index >= 15 is 0 Å². The number of nitrogens with zero attached hydrogens (tertiary/aromatic N) is 1. The molecule has 0 aliphatic rings. The van der Waals surface area contributed by atoms with E-state index in [1.54, 1.807) is 12.1 Å². The van der Waals surface area contributed by atoms with Gasteiger partial charge in [-0.15, -0.1) is 0 Å². The van der Waals surface area contributed by atoms with E-state index in [9.17, 15) is 9.90 Å². The van der Waals surface area contributed by atoms with Crippen LogP contribution in [-0.4, -0.2) is 16.1 Å². The third kappa shape index (κ3) is 3.40. The zero-order chi connectivity index (χ0) is 15.6. The first kappa shape index (κ1) is 15.0. The van der Waals surface area contributed by atoms with E-state index in [0.29, 0.717) is 5.75 Å². The minimum Gasteiger partial charge on any atom is -0.476 e. The minimum atomic E-state index is -1.10. The summed E-state index contributed by atoms with van der Waals surface area (Å²) >= 11 is 0. The molecule has 0 aliphatic heterocycles. The number of ether oxygens (including phenoxy) is 1. The first-order chi connectivity index (χ1) is 9.79. The number of pyridine rings is 1. The van der Waals surface area contributed by atoms with Crippen LogP contribution in [0.1, 0.15) is 42.4 Å². The molecule has 4 nitrogen and oxygen atoms in total. The molecule has 1 aromatic carbocycles. The number of carboxylic acids is 1. The monoisotopic (exact) mass is 285 g/mol. The highest BCUT2D eigenvalue weighted by Gasteiger charge is 2.21. The molecule has 1 aromatic heterocycles. The van der Waals surface area contributed by atoms with Gasteiger partial charge in [0.25, 0.3) is 0 Å². The zero-order valence-electron chi connectivity index (χ0n) is 12.7. The molecule has 0 atom stereocenters. The molecule has 0 fully saturated rings. The second kappa shape index (κ2) is 5.56. The molecule has 0 bridgehead atoms. The van der Waals surface area contributed by atoms with Crippen molar-refractivity contribution >= 4 is 5.97 Å². The summed E-state index contributed by atoms with van der Waals surface area (Å²) in [5.74, 6) is -0.185. The van der Waals surface area contributed by atoms with Crippen LogP contribution in [0.5, 0.6) is 11.5 Å². The maximum Gasteiger partial charge on any atom is 0.358 e. The smallest absolute Gasteiger partial charge is 0.358 e. The predicted octanol–water partition coefficient (Wildman–Crippen LogP) is 4.18. The highest BCUT2D eigenvalue weighted by molar-refractivity contribution is 5.88. The molecular formula is C17H19NO3. The lowest BCUT2D eigenvalue weighted by Crippen LogP contribution is -2.13. The molecule has 110 valence electrons. The predicted molar refractivity (Wildman–Crippen MR) is 81.1 cm³/mol. The summed E-state index contributed by atoms with van der Waals surface area (Å²) in [6, 6.07) is 9.23. The number of carbonyl (C=O) groups is 1. The van der Waals surface area contributed by atoms with E-state index in [-0.39, 0.29) is 16.9 Å². The molecule has 1 heterocycles. The third-order valence-electron chi connectivity index (χ3n) is 3.14. The molecule has 21 heavy (non-hydrogen) atoms. The summed E-state index contributed by atoms with van der Waals surface area (Å²) < 4.78 is 5.87. The van der Waals surface area contributed by atoms with Crippen LogP contribution in [0.15, 0.2) is 36.5 Å². The number of aryl methyl sites for hydroxylation is 1. The lowest BCUT2D eigenvalue weighted by Gasteiger charge is -2.23. The molecule has 0 saturated heterocycles. The lowest BCUT2D eigenvalue weighted by molar-refractivity contribution is 0.0687. The van der Waals surface area contributed by atoms with Crippen LogP contribution < -0.4 is 4.74 Å². The first-order valence-electron chi connectivity index (χ1n) is 6.76. The molecule has 0 unspecified atom stereocenters. The highest BCUT2D eigenvalue weighted by atomic mass is 16.5. The molecule has 0 radical (unpaired) electrons. The Kier molecular flexibility index (Phi) is 3.98. The Morgan fingerprint density at radius 3 is 2.52 bits per heavy atom. The highest BCUT2D eigenvalue weighted by Crippen LogP contribution is 2.35. The number of benzene rings is 1. The molecule has 1 N–H and O–H groups in total. The molecular weight excluding hydrogens is 266 g/mol. The van der Waals surface area contributed by atoms with E-state index in [2.05, 4.69) is 25.8 Å². The largest absolute Gasteiger partial charge is 0.476 e. The van der Waals surface area contributed by atoms with Crippen molar-refractivity contribution in [2.45, 2.75) is 33.1 Å². The lowest BCUT2D eigenvalue weighted by atomic mass is 9.86. The Morgan fingerprint density at radius 1 is 1.19 bits per heavy atom. The van der Waals surface area contributed by atoms with E-state index in [0.717, 1.165) is 11.1 Å². The van der Waals surface area contributed by atoms with Crippen LogP contribution in [0.3, 0.4) is 0 Å². The number of carboxylic acid groups (broad SMARTS) is 1. The maximum absolute atomic E-state index is 11.2. The Labute approximate surface area is 124 Å². The molecule has 0 amide bonds. The van der Waals surface area contributed by atoms with Crippen LogP contribution >= 0.6 is 0 Å². The summed E-state index contributed by atoms with van der Waals surface area (Å²) in [6.45, 7) is 8.24. The summed E-state index contributed by atoms with van der Waals surface area (Å²) in [5, 5.41) is 9.18.